The lowest BCUT2D eigenvalue weighted by Gasteiger charge is -2.20. The molecular formula is C8H11ClO. The summed E-state index contributed by atoms with van der Waals surface area (Å²) >= 11 is 6.04. The molecule has 0 heterocycles. The highest BCUT2D eigenvalue weighted by Crippen LogP contribution is 2.26. The van der Waals surface area contributed by atoms with Crippen molar-refractivity contribution in [2.75, 3.05) is 0 Å². The number of allylic oxidation sites excluding steroid dienone is 2. The summed E-state index contributed by atoms with van der Waals surface area (Å²) in [7, 11) is 0. The molecule has 0 aromatic carbocycles. The summed E-state index contributed by atoms with van der Waals surface area (Å²) in [5.74, 6) is 0. The normalized spacial score (nSPS) is 38.5. The molecule has 0 atom stereocenters. The minimum atomic E-state index is -0.446. The molecule has 1 rings (SSSR count). The molecule has 0 aromatic heterocycles. The average Bonchev–Trinajstić information content (AvgIpc) is 1.96. The summed E-state index contributed by atoms with van der Waals surface area (Å²) in [6, 6.07) is 0. The third kappa shape index (κ3) is 1.61. The number of aliphatic hydroxyl groups is 1. The number of hydrogen-bond acceptors (Lipinski definition) is 1. The Labute approximate surface area is 66.0 Å². The molecule has 0 aliphatic heterocycles. The Morgan fingerprint density at radius 1 is 1.50 bits per heavy atom. The molecular weight excluding hydrogens is 148 g/mol. The van der Waals surface area contributed by atoms with Gasteiger partial charge in [-0.3, -0.25) is 0 Å². The van der Waals surface area contributed by atoms with Gasteiger partial charge in [-0.25, -0.2) is 0 Å². The van der Waals surface area contributed by atoms with Crippen molar-refractivity contribution in [1.82, 2.24) is 0 Å². The third-order valence-electron chi connectivity index (χ3n) is 1.68. The van der Waals surface area contributed by atoms with E-state index in [-0.39, 0.29) is 4.87 Å². The standard InChI is InChI=1S/C8H11ClO/c1-2-8(9)5-3-7(10)4-6-8/h3-7,10H,2H2,1H3. The van der Waals surface area contributed by atoms with Gasteiger partial charge in [-0.1, -0.05) is 31.2 Å². The lowest BCUT2D eigenvalue weighted by atomic mass is 9.99. The first kappa shape index (κ1) is 7.83. The van der Waals surface area contributed by atoms with Gasteiger partial charge in [-0.05, 0) is 6.42 Å². The van der Waals surface area contributed by atoms with Gasteiger partial charge in [0.1, 0.15) is 0 Å². The molecule has 1 aliphatic rings. The fraction of sp³-hybridized carbons (Fsp3) is 0.500. The Balaban J connectivity index is 2.69. The molecule has 0 amide bonds. The van der Waals surface area contributed by atoms with Crippen LogP contribution in [0.5, 0.6) is 0 Å². The number of alkyl halides is 1. The van der Waals surface area contributed by atoms with E-state index in [0.717, 1.165) is 6.42 Å². The van der Waals surface area contributed by atoms with Crippen LogP contribution in [0.2, 0.25) is 0 Å². The number of aliphatic hydroxyl groups excluding tert-OH is 1. The lowest BCUT2D eigenvalue weighted by Crippen LogP contribution is -2.18. The first-order valence-electron chi connectivity index (χ1n) is 3.42. The van der Waals surface area contributed by atoms with Crippen molar-refractivity contribution >= 4 is 11.6 Å². The summed E-state index contributed by atoms with van der Waals surface area (Å²) in [5, 5.41) is 9.00. The molecule has 0 saturated heterocycles. The number of rotatable bonds is 1. The van der Waals surface area contributed by atoms with E-state index in [1.165, 1.54) is 0 Å². The summed E-state index contributed by atoms with van der Waals surface area (Å²) in [6.07, 6.45) is 7.48. The van der Waals surface area contributed by atoms with E-state index in [1.54, 1.807) is 12.2 Å². The van der Waals surface area contributed by atoms with Crippen LogP contribution in [-0.4, -0.2) is 16.1 Å². The van der Waals surface area contributed by atoms with Crippen LogP contribution in [0.4, 0.5) is 0 Å². The molecule has 56 valence electrons. The molecule has 1 N–H and O–H groups in total. The van der Waals surface area contributed by atoms with Crippen molar-refractivity contribution < 1.29 is 5.11 Å². The van der Waals surface area contributed by atoms with Crippen LogP contribution < -0.4 is 0 Å². The zero-order valence-corrected chi connectivity index (χ0v) is 6.67. The predicted octanol–water partition coefficient (Wildman–Crippen LogP) is 1.86. The van der Waals surface area contributed by atoms with Crippen LogP contribution in [0.3, 0.4) is 0 Å². The van der Waals surface area contributed by atoms with Crippen molar-refractivity contribution in [2.45, 2.75) is 24.3 Å². The minimum absolute atomic E-state index is 0.348. The minimum Gasteiger partial charge on any atom is -0.385 e. The topological polar surface area (TPSA) is 20.2 Å². The van der Waals surface area contributed by atoms with Crippen molar-refractivity contribution in [3.05, 3.63) is 24.3 Å². The molecule has 1 nitrogen and oxygen atoms in total. The van der Waals surface area contributed by atoms with Crippen molar-refractivity contribution in [2.24, 2.45) is 0 Å². The molecule has 10 heavy (non-hydrogen) atoms. The maximum atomic E-state index is 9.00. The predicted molar refractivity (Wildman–Crippen MR) is 43.2 cm³/mol. The van der Waals surface area contributed by atoms with E-state index >= 15 is 0 Å². The monoisotopic (exact) mass is 158 g/mol. The van der Waals surface area contributed by atoms with Gasteiger partial charge >= 0.3 is 0 Å². The Morgan fingerprint density at radius 2 is 2.00 bits per heavy atom. The molecule has 0 aromatic rings. The van der Waals surface area contributed by atoms with Crippen LogP contribution in [-0.2, 0) is 0 Å². The van der Waals surface area contributed by atoms with E-state index in [2.05, 4.69) is 0 Å². The Morgan fingerprint density at radius 3 is 2.40 bits per heavy atom. The second kappa shape index (κ2) is 2.77. The second-order valence-corrected chi connectivity index (χ2v) is 3.19. The number of halogens is 1. The SMILES string of the molecule is CCC1(Cl)C=CC(O)C=C1. The first-order valence-corrected chi connectivity index (χ1v) is 3.80. The van der Waals surface area contributed by atoms with E-state index in [9.17, 15) is 0 Å². The van der Waals surface area contributed by atoms with Gasteiger partial charge in [0.05, 0.1) is 11.0 Å². The summed E-state index contributed by atoms with van der Waals surface area (Å²) in [5.41, 5.74) is 0. The summed E-state index contributed by atoms with van der Waals surface area (Å²) in [4.78, 5) is -0.348. The van der Waals surface area contributed by atoms with E-state index in [4.69, 9.17) is 16.7 Å². The maximum Gasteiger partial charge on any atom is 0.0904 e. The van der Waals surface area contributed by atoms with Crippen LogP contribution >= 0.6 is 11.6 Å². The molecule has 1 aliphatic carbocycles. The molecule has 0 fully saturated rings. The van der Waals surface area contributed by atoms with Gasteiger partial charge in [0.2, 0.25) is 0 Å². The molecule has 0 bridgehead atoms. The van der Waals surface area contributed by atoms with E-state index in [0.29, 0.717) is 0 Å². The number of hydrogen-bond donors (Lipinski definition) is 1. The second-order valence-electron chi connectivity index (χ2n) is 2.49. The lowest BCUT2D eigenvalue weighted by molar-refractivity contribution is 0.268. The van der Waals surface area contributed by atoms with E-state index in [1.807, 2.05) is 19.1 Å². The van der Waals surface area contributed by atoms with Gasteiger partial charge in [0.15, 0.2) is 0 Å². The highest BCUT2D eigenvalue weighted by Gasteiger charge is 2.20. The first-order chi connectivity index (χ1) is 4.66. The van der Waals surface area contributed by atoms with Gasteiger partial charge in [-0.2, -0.15) is 0 Å². The third-order valence-corrected chi connectivity index (χ3v) is 2.20. The fourth-order valence-electron chi connectivity index (χ4n) is 0.873. The van der Waals surface area contributed by atoms with Crippen LogP contribution in [0, 0.1) is 0 Å². The zero-order chi connectivity index (χ0) is 7.61. The van der Waals surface area contributed by atoms with E-state index < -0.39 is 6.10 Å². The molecule has 0 unspecified atom stereocenters. The summed E-state index contributed by atoms with van der Waals surface area (Å²) < 4.78 is 0. The van der Waals surface area contributed by atoms with Crippen molar-refractivity contribution in [3.63, 3.8) is 0 Å². The molecule has 2 heteroatoms. The Bertz CT molecular complexity index is 158. The zero-order valence-electron chi connectivity index (χ0n) is 5.92. The molecule has 0 saturated carbocycles. The Hall–Kier alpha value is -0.270. The molecule has 0 spiro atoms. The fourth-order valence-corrected chi connectivity index (χ4v) is 1.02. The highest BCUT2D eigenvalue weighted by molar-refractivity contribution is 6.26. The highest BCUT2D eigenvalue weighted by atomic mass is 35.5. The Kier molecular flexibility index (Phi) is 2.17. The molecule has 0 radical (unpaired) electrons. The van der Waals surface area contributed by atoms with Gasteiger partial charge in [0, 0.05) is 0 Å². The van der Waals surface area contributed by atoms with Crippen LogP contribution in [0.1, 0.15) is 13.3 Å². The largest absolute Gasteiger partial charge is 0.385 e. The van der Waals surface area contributed by atoms with Gasteiger partial charge in [0.25, 0.3) is 0 Å². The van der Waals surface area contributed by atoms with Gasteiger partial charge in [-0.15, -0.1) is 11.6 Å². The average molecular weight is 159 g/mol. The van der Waals surface area contributed by atoms with Crippen LogP contribution in [0.15, 0.2) is 24.3 Å². The maximum absolute atomic E-state index is 9.00. The van der Waals surface area contributed by atoms with Crippen molar-refractivity contribution in [1.29, 1.82) is 0 Å². The van der Waals surface area contributed by atoms with Crippen molar-refractivity contribution in [3.8, 4) is 0 Å². The van der Waals surface area contributed by atoms with Crippen LogP contribution in [0.25, 0.3) is 0 Å². The smallest absolute Gasteiger partial charge is 0.0904 e. The quantitative estimate of drug-likeness (QED) is 0.456. The van der Waals surface area contributed by atoms with Gasteiger partial charge < -0.3 is 5.11 Å². The summed E-state index contributed by atoms with van der Waals surface area (Å²) in [6.45, 7) is 2.01.